The van der Waals surface area contributed by atoms with Crippen molar-refractivity contribution in [3.8, 4) is 11.5 Å². The lowest BCUT2D eigenvalue weighted by molar-refractivity contribution is -0.285. The molecule has 0 saturated carbocycles. The highest BCUT2D eigenvalue weighted by Crippen LogP contribution is 2.46. The van der Waals surface area contributed by atoms with Gasteiger partial charge in [0.15, 0.2) is 11.5 Å². The molecule has 1 atom stereocenters. The Bertz CT molecular complexity index is 1790. The number of nitrogens with two attached hydrogens (primary N) is 1. The number of benzene rings is 1. The summed E-state index contributed by atoms with van der Waals surface area (Å²) in [6, 6.07) is 10.2. The van der Waals surface area contributed by atoms with E-state index in [0.29, 0.717) is 17.5 Å². The molecule has 3 aromatic heterocycles. The van der Waals surface area contributed by atoms with Crippen LogP contribution in [0.2, 0.25) is 0 Å². The van der Waals surface area contributed by atoms with Gasteiger partial charge in [0.1, 0.15) is 22.7 Å². The Morgan fingerprint density at radius 3 is 2.52 bits per heavy atom. The number of fused-ring (bicyclic) bond motifs is 2. The SMILES string of the molecule is COC(=O)C(C)(C)Cc1cccc(C2(C)C(=O)Nc3nc(-c4nn(CCC(F)(F)C(F)(F)F)c5ncccc45)nc(N)c32)c1. The number of methoxy groups -OCH3 is 1. The first-order chi connectivity index (χ1) is 20.5. The monoisotopic (exact) mass is 617 g/mol. The van der Waals surface area contributed by atoms with E-state index in [9.17, 15) is 31.5 Å². The van der Waals surface area contributed by atoms with Crippen molar-refractivity contribution < 1.29 is 36.3 Å². The van der Waals surface area contributed by atoms with Crippen molar-refractivity contribution in [1.82, 2.24) is 24.7 Å². The molecule has 4 aromatic rings. The van der Waals surface area contributed by atoms with E-state index in [1.807, 2.05) is 6.07 Å². The molecule has 1 unspecified atom stereocenters. The number of nitrogen functional groups attached to an aromatic ring is 1. The average molecular weight is 618 g/mol. The van der Waals surface area contributed by atoms with Gasteiger partial charge in [-0.25, -0.2) is 19.6 Å². The van der Waals surface area contributed by atoms with Gasteiger partial charge in [0.25, 0.3) is 0 Å². The maximum Gasteiger partial charge on any atom is 0.453 e. The Morgan fingerprint density at radius 1 is 1.11 bits per heavy atom. The van der Waals surface area contributed by atoms with Gasteiger partial charge in [-0.05, 0) is 50.5 Å². The Balaban J connectivity index is 1.54. The Kier molecular flexibility index (Phi) is 7.33. The summed E-state index contributed by atoms with van der Waals surface area (Å²) in [5.74, 6) is -5.82. The molecule has 5 rings (SSSR count). The molecule has 3 N–H and O–H groups in total. The van der Waals surface area contributed by atoms with Crippen LogP contribution in [0.3, 0.4) is 0 Å². The smallest absolute Gasteiger partial charge is 0.453 e. The number of anilines is 2. The fourth-order valence-corrected chi connectivity index (χ4v) is 5.36. The Morgan fingerprint density at radius 2 is 1.84 bits per heavy atom. The second kappa shape index (κ2) is 10.5. The van der Waals surface area contributed by atoms with Crippen molar-refractivity contribution >= 4 is 34.5 Å². The van der Waals surface area contributed by atoms with Gasteiger partial charge < -0.3 is 15.8 Å². The third kappa shape index (κ3) is 5.09. The van der Waals surface area contributed by atoms with Crippen molar-refractivity contribution in [2.75, 3.05) is 18.2 Å². The molecule has 0 aliphatic carbocycles. The third-order valence-electron chi connectivity index (χ3n) is 7.78. The van der Waals surface area contributed by atoms with E-state index in [1.54, 1.807) is 45.0 Å². The van der Waals surface area contributed by atoms with Crippen molar-refractivity contribution in [2.45, 2.75) is 57.7 Å². The number of amides is 1. The topological polar surface area (TPSA) is 138 Å². The first kappa shape index (κ1) is 30.8. The number of rotatable bonds is 8. The number of nitrogens with zero attached hydrogens (tertiary/aromatic N) is 5. The number of pyridine rings is 1. The molecule has 1 aliphatic rings. The number of alkyl halides is 5. The van der Waals surface area contributed by atoms with Crippen LogP contribution in [0.4, 0.5) is 33.6 Å². The third-order valence-corrected chi connectivity index (χ3v) is 7.78. The van der Waals surface area contributed by atoms with E-state index in [2.05, 4.69) is 25.4 Å². The van der Waals surface area contributed by atoms with Crippen LogP contribution in [0.15, 0.2) is 42.6 Å². The van der Waals surface area contributed by atoms with Crippen LogP contribution in [0.25, 0.3) is 22.6 Å². The normalized spacial score (nSPS) is 17.1. The molecular weight excluding hydrogens is 589 g/mol. The van der Waals surface area contributed by atoms with E-state index in [0.717, 1.165) is 10.2 Å². The van der Waals surface area contributed by atoms with E-state index in [-0.39, 0.29) is 40.2 Å². The molecule has 1 amide bonds. The van der Waals surface area contributed by atoms with E-state index >= 15 is 0 Å². The van der Waals surface area contributed by atoms with Gasteiger partial charge in [-0.2, -0.15) is 27.1 Å². The zero-order chi connectivity index (χ0) is 32.2. The van der Waals surface area contributed by atoms with Gasteiger partial charge in [-0.3, -0.25) is 9.59 Å². The van der Waals surface area contributed by atoms with Crippen molar-refractivity contribution in [3.63, 3.8) is 0 Å². The number of nitrogens with one attached hydrogen (secondary N) is 1. The van der Waals surface area contributed by atoms with Gasteiger partial charge in [0.05, 0.1) is 23.5 Å². The average Bonchev–Trinajstić information content (AvgIpc) is 3.45. The van der Waals surface area contributed by atoms with Crippen LogP contribution in [0.1, 0.15) is 43.9 Å². The molecule has 232 valence electrons. The quantitative estimate of drug-likeness (QED) is 0.207. The van der Waals surface area contributed by atoms with Crippen LogP contribution in [0, 0.1) is 5.41 Å². The van der Waals surface area contributed by atoms with E-state index in [1.165, 1.54) is 19.4 Å². The maximum atomic E-state index is 13.7. The molecule has 0 fully saturated rings. The second-order valence-corrected chi connectivity index (χ2v) is 11.4. The van der Waals surface area contributed by atoms with Crippen molar-refractivity contribution in [3.05, 3.63) is 59.3 Å². The minimum atomic E-state index is -5.72. The Hall–Kier alpha value is -4.69. The van der Waals surface area contributed by atoms with Crippen molar-refractivity contribution in [1.29, 1.82) is 0 Å². The summed E-state index contributed by atoms with van der Waals surface area (Å²) in [5, 5.41) is 7.23. The zero-order valence-electron chi connectivity index (χ0n) is 24.1. The number of aromatic nitrogens is 5. The number of hydrogen-bond acceptors (Lipinski definition) is 8. The molecule has 15 heteroatoms. The fourth-order valence-electron chi connectivity index (χ4n) is 5.36. The maximum absolute atomic E-state index is 13.7. The summed E-state index contributed by atoms with van der Waals surface area (Å²) < 4.78 is 71.5. The first-order valence-corrected chi connectivity index (χ1v) is 13.4. The largest absolute Gasteiger partial charge is 0.469 e. The predicted octanol–water partition coefficient (Wildman–Crippen LogP) is 5.06. The van der Waals surface area contributed by atoms with Gasteiger partial charge in [0, 0.05) is 19.2 Å². The second-order valence-electron chi connectivity index (χ2n) is 11.4. The number of ether oxygens (including phenoxy) is 1. The molecule has 10 nitrogen and oxygen atoms in total. The van der Waals surface area contributed by atoms with Crippen LogP contribution >= 0.6 is 0 Å². The molecule has 1 aliphatic heterocycles. The number of esters is 1. The lowest BCUT2D eigenvalue weighted by Gasteiger charge is -2.26. The highest BCUT2D eigenvalue weighted by Gasteiger charge is 2.57. The number of aryl methyl sites for hydroxylation is 1. The summed E-state index contributed by atoms with van der Waals surface area (Å²) in [4.78, 5) is 38.7. The molecule has 1 aromatic carbocycles. The van der Waals surface area contributed by atoms with Crippen LogP contribution in [0.5, 0.6) is 0 Å². The lowest BCUT2D eigenvalue weighted by atomic mass is 9.76. The van der Waals surface area contributed by atoms with Crippen LogP contribution in [-0.4, -0.2) is 55.8 Å². The summed E-state index contributed by atoms with van der Waals surface area (Å²) in [7, 11) is 1.31. The van der Waals surface area contributed by atoms with Crippen LogP contribution in [-0.2, 0) is 32.7 Å². The number of carbonyl (C=O) groups excluding carboxylic acids is 2. The summed E-state index contributed by atoms with van der Waals surface area (Å²) in [5.41, 5.74) is 5.98. The van der Waals surface area contributed by atoms with Gasteiger partial charge in [-0.1, -0.05) is 24.3 Å². The van der Waals surface area contributed by atoms with E-state index in [4.69, 9.17) is 10.5 Å². The first-order valence-electron chi connectivity index (χ1n) is 13.4. The zero-order valence-corrected chi connectivity index (χ0v) is 24.1. The summed E-state index contributed by atoms with van der Waals surface area (Å²) >= 11 is 0. The molecule has 44 heavy (non-hydrogen) atoms. The fraction of sp³-hybridized carbons (Fsp3) is 0.379. The molecule has 4 heterocycles. The van der Waals surface area contributed by atoms with Crippen molar-refractivity contribution in [2.24, 2.45) is 5.41 Å². The highest BCUT2D eigenvalue weighted by atomic mass is 19.4. The molecule has 0 radical (unpaired) electrons. The number of carbonyl (C=O) groups is 2. The summed E-state index contributed by atoms with van der Waals surface area (Å²) in [6.45, 7) is 4.37. The highest BCUT2D eigenvalue weighted by molar-refractivity contribution is 6.09. The van der Waals surface area contributed by atoms with Gasteiger partial charge >= 0.3 is 18.1 Å². The molecule has 0 bridgehead atoms. The van der Waals surface area contributed by atoms with Gasteiger partial charge in [0.2, 0.25) is 5.91 Å². The van der Waals surface area contributed by atoms with Crippen LogP contribution < -0.4 is 11.1 Å². The molecular formula is C29H28F5N7O3. The molecule has 0 spiro atoms. The van der Waals surface area contributed by atoms with E-state index < -0.39 is 41.8 Å². The minimum Gasteiger partial charge on any atom is -0.469 e. The number of hydrogen-bond donors (Lipinski definition) is 2. The number of halogens is 5. The minimum absolute atomic E-state index is 0.0350. The predicted molar refractivity (Wildman–Crippen MR) is 150 cm³/mol. The molecule has 0 saturated heterocycles. The summed E-state index contributed by atoms with van der Waals surface area (Å²) in [6.07, 6.45) is -5.59. The lowest BCUT2D eigenvalue weighted by Crippen LogP contribution is -2.37. The van der Waals surface area contributed by atoms with Gasteiger partial charge in [-0.15, -0.1) is 0 Å². The standard InChI is InChI=1S/C29H28F5N7O3/c1-26(2,25(43)44-4)14-15-7-5-8-16(13-15)27(3)18-20(35)37-22(38-21(18)39-24(27)42)19-17-9-6-11-36-23(17)41(40-19)12-10-28(30,31)29(32,33)34/h5-9,11,13H,10,12,14H2,1-4H3,(H3,35,37,38,39,42). The Labute approximate surface area is 247 Å².